The maximum absolute atomic E-state index is 11.8. The van der Waals surface area contributed by atoms with Gasteiger partial charge in [-0.05, 0) is 61.3 Å². The quantitative estimate of drug-likeness (QED) is 0.569. The fourth-order valence-corrected chi connectivity index (χ4v) is 2.97. The Morgan fingerprint density at radius 1 is 1.26 bits per heavy atom. The normalized spacial score (nSPS) is 21.5. The number of amides is 1. The van der Waals surface area contributed by atoms with Crippen LogP contribution < -0.4 is 5.32 Å². The minimum atomic E-state index is -0.00898. The summed E-state index contributed by atoms with van der Waals surface area (Å²) >= 11 is 5.94. The Balaban J connectivity index is 1.92. The van der Waals surface area contributed by atoms with Crippen molar-refractivity contribution in [2.75, 3.05) is 6.54 Å². The zero-order valence-electron chi connectivity index (χ0n) is 14.4. The van der Waals surface area contributed by atoms with E-state index in [-0.39, 0.29) is 5.91 Å². The van der Waals surface area contributed by atoms with E-state index in [2.05, 4.69) is 44.3 Å². The van der Waals surface area contributed by atoms with E-state index in [0.717, 1.165) is 10.6 Å². The van der Waals surface area contributed by atoms with Crippen molar-refractivity contribution in [2.24, 2.45) is 11.8 Å². The number of benzene rings is 1. The number of rotatable bonds is 6. The molecular weight excluding hydrogens is 306 g/mol. The Morgan fingerprint density at radius 2 is 1.91 bits per heavy atom. The monoisotopic (exact) mass is 331 g/mol. The summed E-state index contributed by atoms with van der Waals surface area (Å²) in [5.41, 5.74) is 3.70. The summed E-state index contributed by atoms with van der Waals surface area (Å²) in [4.78, 5) is 11.8. The first-order chi connectivity index (χ1) is 10.9. The molecular formula is C20H26ClNO. The second kappa shape index (κ2) is 7.83. The summed E-state index contributed by atoms with van der Waals surface area (Å²) in [6.07, 6.45) is 5.00. The van der Waals surface area contributed by atoms with Crippen LogP contribution in [0.2, 0.25) is 5.02 Å². The maximum atomic E-state index is 11.8. The smallest absolute Gasteiger partial charge is 0.244 e. The van der Waals surface area contributed by atoms with Gasteiger partial charge in [-0.3, -0.25) is 4.79 Å². The zero-order valence-corrected chi connectivity index (χ0v) is 15.2. The number of allylic oxidation sites excluding steroid dienone is 3. The summed E-state index contributed by atoms with van der Waals surface area (Å²) in [5.74, 6) is 1.63. The molecule has 2 nitrogen and oxygen atoms in total. The Hall–Kier alpha value is -1.54. The van der Waals surface area contributed by atoms with Crippen LogP contribution in [-0.4, -0.2) is 12.5 Å². The molecule has 1 saturated carbocycles. The molecule has 2 rings (SSSR count). The molecule has 0 saturated heterocycles. The van der Waals surface area contributed by atoms with Crippen molar-refractivity contribution in [3.8, 4) is 0 Å². The van der Waals surface area contributed by atoms with E-state index in [1.54, 1.807) is 6.08 Å². The average Bonchev–Trinajstić information content (AvgIpc) is 3.26. The van der Waals surface area contributed by atoms with Crippen LogP contribution in [0.25, 0.3) is 0 Å². The molecule has 1 aliphatic carbocycles. The molecule has 23 heavy (non-hydrogen) atoms. The van der Waals surface area contributed by atoms with Crippen LogP contribution in [0, 0.1) is 11.8 Å². The molecule has 3 heteroatoms. The van der Waals surface area contributed by atoms with Gasteiger partial charge in [-0.15, -0.1) is 0 Å². The average molecular weight is 332 g/mol. The highest BCUT2D eigenvalue weighted by atomic mass is 35.5. The van der Waals surface area contributed by atoms with Crippen molar-refractivity contribution in [1.29, 1.82) is 0 Å². The highest BCUT2D eigenvalue weighted by Crippen LogP contribution is 2.51. The first kappa shape index (κ1) is 17.8. The van der Waals surface area contributed by atoms with E-state index in [1.165, 1.54) is 17.6 Å². The second-order valence-electron chi connectivity index (χ2n) is 6.92. The molecule has 1 aliphatic rings. The number of nitrogens with one attached hydrogen (secondary N) is 1. The van der Waals surface area contributed by atoms with Gasteiger partial charge < -0.3 is 5.32 Å². The summed E-state index contributed by atoms with van der Waals surface area (Å²) < 4.78 is 0. The number of hydrogen-bond acceptors (Lipinski definition) is 1. The van der Waals surface area contributed by atoms with Gasteiger partial charge in [0, 0.05) is 17.6 Å². The zero-order chi connectivity index (χ0) is 17.0. The molecule has 0 heterocycles. The third kappa shape index (κ3) is 5.54. The minimum Gasteiger partial charge on any atom is -0.352 e. The molecule has 1 fully saturated rings. The molecule has 0 radical (unpaired) electrons. The SMILES string of the molecule is CC(=C\C(=O)NCC(C)C)/C=C(\C)[C@@H]1C[C@H]1c1ccc(Cl)cc1. The lowest BCUT2D eigenvalue weighted by Gasteiger charge is -2.06. The van der Waals surface area contributed by atoms with Gasteiger partial charge in [-0.25, -0.2) is 0 Å². The predicted octanol–water partition coefficient (Wildman–Crippen LogP) is 5.11. The molecule has 2 atom stereocenters. The number of carbonyl (C=O) groups excluding carboxylic acids is 1. The van der Waals surface area contributed by atoms with E-state index in [4.69, 9.17) is 11.6 Å². The molecule has 0 aromatic heterocycles. The molecule has 0 unspecified atom stereocenters. The highest BCUT2D eigenvalue weighted by Gasteiger charge is 2.39. The minimum absolute atomic E-state index is 0.00898. The molecule has 1 aromatic carbocycles. The van der Waals surface area contributed by atoms with E-state index >= 15 is 0 Å². The predicted molar refractivity (Wildman–Crippen MR) is 97.7 cm³/mol. The summed E-state index contributed by atoms with van der Waals surface area (Å²) in [5, 5.41) is 3.70. The maximum Gasteiger partial charge on any atom is 0.244 e. The van der Waals surface area contributed by atoms with Crippen LogP contribution in [0.4, 0.5) is 0 Å². The van der Waals surface area contributed by atoms with Crippen LogP contribution in [-0.2, 0) is 4.79 Å². The van der Waals surface area contributed by atoms with E-state index in [9.17, 15) is 4.79 Å². The fourth-order valence-electron chi connectivity index (χ4n) is 2.85. The summed E-state index contributed by atoms with van der Waals surface area (Å²) in [7, 11) is 0. The van der Waals surface area contributed by atoms with Gasteiger partial charge in [-0.2, -0.15) is 0 Å². The van der Waals surface area contributed by atoms with Gasteiger partial charge >= 0.3 is 0 Å². The van der Waals surface area contributed by atoms with Gasteiger partial charge in [0.25, 0.3) is 0 Å². The van der Waals surface area contributed by atoms with Crippen LogP contribution in [0.15, 0.2) is 47.6 Å². The van der Waals surface area contributed by atoms with Gasteiger partial charge in [-0.1, -0.05) is 49.2 Å². The van der Waals surface area contributed by atoms with Gasteiger partial charge in [0.15, 0.2) is 0 Å². The van der Waals surface area contributed by atoms with Crippen molar-refractivity contribution >= 4 is 17.5 Å². The molecule has 1 N–H and O–H groups in total. The van der Waals surface area contributed by atoms with Crippen molar-refractivity contribution < 1.29 is 4.79 Å². The fraction of sp³-hybridized carbons (Fsp3) is 0.450. The number of halogens is 1. The molecule has 1 amide bonds. The standard InChI is InChI=1S/C20H26ClNO/c1-13(2)12-22-20(23)10-14(3)9-15(4)18-11-19(18)16-5-7-17(21)8-6-16/h5-10,13,18-19H,11-12H2,1-4H3,(H,22,23)/b14-10+,15-9+/t18-,19-/m0/s1. The topological polar surface area (TPSA) is 29.1 Å². The van der Waals surface area contributed by atoms with Crippen LogP contribution in [0.1, 0.15) is 45.6 Å². The lowest BCUT2D eigenvalue weighted by molar-refractivity contribution is -0.116. The number of hydrogen-bond donors (Lipinski definition) is 1. The first-order valence-corrected chi connectivity index (χ1v) is 8.64. The van der Waals surface area contributed by atoms with Crippen molar-refractivity contribution in [3.63, 3.8) is 0 Å². The third-order valence-corrected chi connectivity index (χ3v) is 4.42. The lowest BCUT2D eigenvalue weighted by atomic mass is 10.0. The van der Waals surface area contributed by atoms with E-state index in [0.29, 0.717) is 24.3 Å². The summed E-state index contributed by atoms with van der Waals surface area (Å²) in [6.45, 7) is 9.03. The Kier molecular flexibility index (Phi) is 6.06. The van der Waals surface area contributed by atoms with E-state index < -0.39 is 0 Å². The largest absolute Gasteiger partial charge is 0.352 e. The van der Waals surface area contributed by atoms with Gasteiger partial charge in [0.2, 0.25) is 5.91 Å². The van der Waals surface area contributed by atoms with Crippen molar-refractivity contribution in [1.82, 2.24) is 5.32 Å². The van der Waals surface area contributed by atoms with Crippen molar-refractivity contribution in [2.45, 2.75) is 40.0 Å². The molecule has 1 aromatic rings. The molecule has 124 valence electrons. The van der Waals surface area contributed by atoms with Crippen LogP contribution in [0.5, 0.6) is 0 Å². The van der Waals surface area contributed by atoms with Crippen LogP contribution >= 0.6 is 11.6 Å². The van der Waals surface area contributed by atoms with Crippen LogP contribution in [0.3, 0.4) is 0 Å². The molecule has 0 bridgehead atoms. The Labute approximate surface area is 144 Å². The van der Waals surface area contributed by atoms with Gasteiger partial charge in [0.05, 0.1) is 0 Å². The number of carbonyl (C=O) groups is 1. The Bertz CT molecular complexity index is 613. The first-order valence-electron chi connectivity index (χ1n) is 8.26. The van der Waals surface area contributed by atoms with E-state index in [1.807, 2.05) is 19.1 Å². The van der Waals surface area contributed by atoms with Crippen molar-refractivity contribution in [3.05, 3.63) is 58.1 Å². The Morgan fingerprint density at radius 3 is 2.52 bits per heavy atom. The summed E-state index contributed by atoms with van der Waals surface area (Å²) in [6, 6.07) is 8.13. The highest BCUT2D eigenvalue weighted by molar-refractivity contribution is 6.30. The van der Waals surface area contributed by atoms with Gasteiger partial charge in [0.1, 0.15) is 0 Å². The lowest BCUT2D eigenvalue weighted by Crippen LogP contribution is -2.25. The molecule has 0 spiro atoms. The second-order valence-corrected chi connectivity index (χ2v) is 7.35. The third-order valence-electron chi connectivity index (χ3n) is 4.17. The molecule has 0 aliphatic heterocycles.